The van der Waals surface area contributed by atoms with E-state index in [1.165, 1.54) is 6.42 Å². The first-order valence-electron chi connectivity index (χ1n) is 7.75. The molecule has 3 nitrogen and oxygen atoms in total. The second-order valence-corrected chi connectivity index (χ2v) is 7.11. The van der Waals surface area contributed by atoms with E-state index in [1.54, 1.807) is 0 Å². The lowest BCUT2D eigenvalue weighted by molar-refractivity contribution is -0.123. The van der Waals surface area contributed by atoms with Crippen molar-refractivity contribution in [3.8, 4) is 0 Å². The number of carbonyl (C=O) groups is 1. The molecule has 1 amide bonds. The Morgan fingerprint density at radius 3 is 2.67 bits per heavy atom. The van der Waals surface area contributed by atoms with E-state index in [0.717, 1.165) is 31.4 Å². The molecule has 1 saturated carbocycles. The van der Waals surface area contributed by atoms with Gasteiger partial charge in [0.15, 0.2) is 0 Å². The summed E-state index contributed by atoms with van der Waals surface area (Å²) in [4.78, 5) is 12.1. The second-order valence-electron chi connectivity index (χ2n) is 6.67. The van der Waals surface area contributed by atoms with Crippen LogP contribution in [0.5, 0.6) is 0 Å². The molecule has 1 fully saturated rings. The standard InChI is InChI=1S/C17H25ClN2O/c1-12(2)10-13-4-3-9-17(11-13,16(19)21)20-15-7-5-14(18)6-8-15/h5-8,12-13,20H,3-4,9-11H2,1-2H3,(H2,19,21). The minimum absolute atomic E-state index is 0.245. The number of anilines is 1. The Labute approximate surface area is 132 Å². The van der Waals surface area contributed by atoms with Gasteiger partial charge in [0, 0.05) is 10.7 Å². The van der Waals surface area contributed by atoms with Crippen LogP contribution in [0.15, 0.2) is 24.3 Å². The molecule has 1 aromatic rings. The molecule has 0 spiro atoms. The zero-order valence-corrected chi connectivity index (χ0v) is 13.6. The van der Waals surface area contributed by atoms with E-state index < -0.39 is 5.54 Å². The van der Waals surface area contributed by atoms with Crippen molar-refractivity contribution >= 4 is 23.2 Å². The smallest absolute Gasteiger partial charge is 0.243 e. The summed E-state index contributed by atoms with van der Waals surface area (Å²) in [6.07, 6.45) is 5.01. The van der Waals surface area contributed by atoms with Crippen molar-refractivity contribution in [1.82, 2.24) is 0 Å². The lowest BCUT2D eigenvalue weighted by Crippen LogP contribution is -2.53. The van der Waals surface area contributed by atoms with Crippen LogP contribution >= 0.6 is 11.6 Å². The molecule has 4 heteroatoms. The van der Waals surface area contributed by atoms with E-state index >= 15 is 0 Å². The van der Waals surface area contributed by atoms with Gasteiger partial charge < -0.3 is 11.1 Å². The fourth-order valence-electron chi connectivity index (χ4n) is 3.47. The maximum absolute atomic E-state index is 12.1. The van der Waals surface area contributed by atoms with Gasteiger partial charge in [0.2, 0.25) is 5.91 Å². The van der Waals surface area contributed by atoms with Crippen LogP contribution in [0.4, 0.5) is 5.69 Å². The van der Waals surface area contributed by atoms with Crippen LogP contribution in [-0.4, -0.2) is 11.4 Å². The Balaban J connectivity index is 2.16. The van der Waals surface area contributed by atoms with Crippen molar-refractivity contribution in [2.24, 2.45) is 17.6 Å². The summed E-state index contributed by atoms with van der Waals surface area (Å²) in [7, 11) is 0. The lowest BCUT2D eigenvalue weighted by atomic mass is 9.72. The fraction of sp³-hybridized carbons (Fsp3) is 0.588. The van der Waals surface area contributed by atoms with Gasteiger partial charge in [-0.1, -0.05) is 38.3 Å². The average molecular weight is 309 g/mol. The molecular weight excluding hydrogens is 284 g/mol. The third-order valence-electron chi connectivity index (χ3n) is 4.36. The summed E-state index contributed by atoms with van der Waals surface area (Å²) in [5.74, 6) is 0.964. The van der Waals surface area contributed by atoms with Crippen LogP contribution in [0, 0.1) is 11.8 Å². The Hall–Kier alpha value is -1.22. The summed E-state index contributed by atoms with van der Waals surface area (Å²) in [5.41, 5.74) is 6.03. The molecule has 0 heterocycles. The monoisotopic (exact) mass is 308 g/mol. The SMILES string of the molecule is CC(C)CC1CCCC(Nc2ccc(Cl)cc2)(C(N)=O)C1. The molecule has 1 aliphatic carbocycles. The topological polar surface area (TPSA) is 55.1 Å². The minimum atomic E-state index is -0.619. The molecule has 0 aliphatic heterocycles. The predicted octanol–water partition coefficient (Wildman–Crippen LogP) is 4.21. The molecule has 2 atom stereocenters. The first-order chi connectivity index (χ1) is 9.91. The van der Waals surface area contributed by atoms with Gasteiger partial charge in [-0.3, -0.25) is 4.79 Å². The molecule has 0 radical (unpaired) electrons. The molecule has 0 bridgehead atoms. The van der Waals surface area contributed by atoms with Crippen molar-refractivity contribution in [2.45, 2.75) is 51.5 Å². The summed E-state index contributed by atoms with van der Waals surface area (Å²) in [6, 6.07) is 7.46. The normalized spacial score (nSPS) is 25.8. The third-order valence-corrected chi connectivity index (χ3v) is 4.61. The maximum atomic E-state index is 12.1. The van der Waals surface area contributed by atoms with Crippen LogP contribution in [0.2, 0.25) is 5.02 Å². The molecule has 116 valence electrons. The van der Waals surface area contributed by atoms with Crippen molar-refractivity contribution in [1.29, 1.82) is 0 Å². The van der Waals surface area contributed by atoms with Crippen LogP contribution in [-0.2, 0) is 4.79 Å². The molecule has 21 heavy (non-hydrogen) atoms. The predicted molar refractivity (Wildman–Crippen MR) is 88.4 cm³/mol. The second kappa shape index (κ2) is 6.69. The number of primary amides is 1. The van der Waals surface area contributed by atoms with Crippen molar-refractivity contribution in [2.75, 3.05) is 5.32 Å². The van der Waals surface area contributed by atoms with Gasteiger partial charge in [0.05, 0.1) is 0 Å². The average Bonchev–Trinajstić information content (AvgIpc) is 2.41. The highest BCUT2D eigenvalue weighted by Gasteiger charge is 2.41. The molecule has 2 unspecified atom stereocenters. The maximum Gasteiger partial charge on any atom is 0.243 e. The Bertz CT molecular complexity index is 486. The first-order valence-corrected chi connectivity index (χ1v) is 8.13. The van der Waals surface area contributed by atoms with Crippen LogP contribution < -0.4 is 11.1 Å². The van der Waals surface area contributed by atoms with E-state index in [9.17, 15) is 4.79 Å². The van der Waals surface area contributed by atoms with Gasteiger partial charge in [-0.15, -0.1) is 0 Å². The third kappa shape index (κ3) is 4.13. The van der Waals surface area contributed by atoms with Gasteiger partial charge in [0.1, 0.15) is 5.54 Å². The molecule has 0 aromatic heterocycles. The summed E-state index contributed by atoms with van der Waals surface area (Å²) in [6.45, 7) is 4.46. The van der Waals surface area contributed by atoms with Crippen LogP contribution in [0.3, 0.4) is 0 Å². The zero-order valence-electron chi connectivity index (χ0n) is 12.9. The van der Waals surface area contributed by atoms with E-state index in [4.69, 9.17) is 17.3 Å². The highest BCUT2D eigenvalue weighted by Crippen LogP contribution is 2.38. The summed E-state index contributed by atoms with van der Waals surface area (Å²) in [5, 5.41) is 4.08. The van der Waals surface area contributed by atoms with Crippen molar-refractivity contribution in [3.05, 3.63) is 29.3 Å². The van der Waals surface area contributed by atoms with Crippen LogP contribution in [0.1, 0.15) is 46.0 Å². The molecule has 1 aliphatic rings. The van der Waals surface area contributed by atoms with E-state index in [1.807, 2.05) is 24.3 Å². The van der Waals surface area contributed by atoms with Gasteiger partial charge >= 0.3 is 0 Å². The lowest BCUT2D eigenvalue weighted by Gasteiger charge is -2.40. The highest BCUT2D eigenvalue weighted by atomic mass is 35.5. The van der Waals surface area contributed by atoms with Crippen molar-refractivity contribution in [3.63, 3.8) is 0 Å². The van der Waals surface area contributed by atoms with Gasteiger partial charge in [-0.25, -0.2) is 0 Å². The molecule has 0 saturated heterocycles. The Kier molecular flexibility index (Phi) is 5.15. The largest absolute Gasteiger partial charge is 0.371 e. The van der Waals surface area contributed by atoms with Crippen LogP contribution in [0.25, 0.3) is 0 Å². The van der Waals surface area contributed by atoms with Gasteiger partial charge in [0.25, 0.3) is 0 Å². The fourth-order valence-corrected chi connectivity index (χ4v) is 3.59. The molecule has 1 aromatic carbocycles. The quantitative estimate of drug-likeness (QED) is 0.856. The number of hydrogen-bond donors (Lipinski definition) is 2. The Morgan fingerprint density at radius 1 is 1.43 bits per heavy atom. The number of carbonyl (C=O) groups excluding carboxylic acids is 1. The van der Waals surface area contributed by atoms with E-state index in [-0.39, 0.29) is 5.91 Å². The molecular formula is C17H25ClN2O. The number of rotatable bonds is 5. The summed E-state index contributed by atoms with van der Waals surface area (Å²) >= 11 is 5.91. The van der Waals surface area contributed by atoms with Crippen molar-refractivity contribution < 1.29 is 4.79 Å². The van der Waals surface area contributed by atoms with Gasteiger partial charge in [-0.05, 0) is 55.4 Å². The number of nitrogens with two attached hydrogens (primary N) is 1. The summed E-state index contributed by atoms with van der Waals surface area (Å²) < 4.78 is 0. The number of amides is 1. The number of benzene rings is 1. The minimum Gasteiger partial charge on any atom is -0.371 e. The molecule has 2 rings (SSSR count). The first kappa shape index (κ1) is 16.2. The van der Waals surface area contributed by atoms with E-state index in [0.29, 0.717) is 16.9 Å². The molecule has 3 N–H and O–H groups in total. The zero-order chi connectivity index (χ0) is 15.5. The van der Waals surface area contributed by atoms with Gasteiger partial charge in [-0.2, -0.15) is 0 Å². The Morgan fingerprint density at radius 2 is 2.10 bits per heavy atom. The number of hydrogen-bond acceptors (Lipinski definition) is 2. The highest BCUT2D eigenvalue weighted by molar-refractivity contribution is 6.30. The van der Waals surface area contributed by atoms with E-state index in [2.05, 4.69) is 19.2 Å². The number of nitrogens with one attached hydrogen (secondary N) is 1. The number of halogens is 1.